The smallest absolute Gasteiger partial charge is 0.272 e. The first kappa shape index (κ1) is 21.2. The number of piperidine rings is 2. The summed E-state index contributed by atoms with van der Waals surface area (Å²) in [6, 6.07) is 6.66. The first-order valence-corrected chi connectivity index (χ1v) is 12.2. The Hall–Kier alpha value is -1.70. The summed E-state index contributed by atoms with van der Waals surface area (Å²) in [7, 11) is 0. The van der Waals surface area contributed by atoms with Gasteiger partial charge in [-0.15, -0.1) is 0 Å². The maximum absolute atomic E-state index is 12.8. The van der Waals surface area contributed by atoms with E-state index in [1.54, 1.807) is 0 Å². The van der Waals surface area contributed by atoms with Crippen LogP contribution in [0.4, 0.5) is 5.82 Å². The number of amides is 1. The van der Waals surface area contributed by atoms with Gasteiger partial charge in [0.05, 0.1) is 25.4 Å². The van der Waals surface area contributed by atoms with Crippen molar-refractivity contribution < 1.29 is 14.3 Å². The Morgan fingerprint density at radius 1 is 0.903 bits per heavy atom. The fourth-order valence-corrected chi connectivity index (χ4v) is 5.27. The number of hydrogen-bond donors (Lipinski definition) is 0. The van der Waals surface area contributed by atoms with E-state index in [4.69, 9.17) is 14.5 Å². The van der Waals surface area contributed by atoms with Gasteiger partial charge in [-0.25, -0.2) is 4.98 Å². The van der Waals surface area contributed by atoms with E-state index in [1.807, 2.05) is 23.1 Å². The predicted molar refractivity (Wildman–Crippen MR) is 120 cm³/mol. The molecule has 1 aromatic rings. The SMILES string of the molecule is O=C(c1cccc(N2CCC(OC3CCN(C4CCC4)CC3)CC2)n1)N1CCOCC1. The lowest BCUT2D eigenvalue weighted by molar-refractivity contribution is -0.0598. The van der Waals surface area contributed by atoms with E-state index in [9.17, 15) is 4.79 Å². The van der Waals surface area contributed by atoms with E-state index in [0.29, 0.717) is 44.2 Å². The summed E-state index contributed by atoms with van der Waals surface area (Å²) in [5.41, 5.74) is 0.538. The lowest BCUT2D eigenvalue weighted by Crippen LogP contribution is -2.47. The third-order valence-corrected chi connectivity index (χ3v) is 7.47. The van der Waals surface area contributed by atoms with Crippen molar-refractivity contribution in [3.05, 3.63) is 23.9 Å². The second kappa shape index (κ2) is 9.84. The highest BCUT2D eigenvalue weighted by molar-refractivity contribution is 5.92. The van der Waals surface area contributed by atoms with Crippen molar-refractivity contribution in [3.8, 4) is 0 Å². The van der Waals surface area contributed by atoms with Crippen molar-refractivity contribution in [2.45, 2.75) is 63.2 Å². The van der Waals surface area contributed by atoms with Crippen LogP contribution in [0.5, 0.6) is 0 Å². The lowest BCUT2D eigenvalue weighted by atomic mass is 9.89. The molecule has 1 aliphatic carbocycles. The maximum atomic E-state index is 12.8. The second-order valence-corrected chi connectivity index (χ2v) is 9.43. The second-order valence-electron chi connectivity index (χ2n) is 9.43. The molecule has 0 N–H and O–H groups in total. The minimum absolute atomic E-state index is 0.0108. The third kappa shape index (κ3) is 5.04. The zero-order chi connectivity index (χ0) is 21.0. The number of hydrogen-bond acceptors (Lipinski definition) is 6. The molecule has 1 saturated carbocycles. The molecule has 1 aromatic heterocycles. The number of aromatic nitrogens is 1. The molecular formula is C24H36N4O3. The molecule has 0 atom stereocenters. The minimum Gasteiger partial charge on any atom is -0.378 e. The van der Waals surface area contributed by atoms with Gasteiger partial charge in [0.1, 0.15) is 11.5 Å². The number of carbonyl (C=O) groups excluding carboxylic acids is 1. The molecular weight excluding hydrogens is 392 g/mol. The zero-order valence-corrected chi connectivity index (χ0v) is 18.6. The van der Waals surface area contributed by atoms with Crippen LogP contribution in [0.2, 0.25) is 0 Å². The number of rotatable bonds is 5. The largest absolute Gasteiger partial charge is 0.378 e. The van der Waals surface area contributed by atoms with Crippen LogP contribution in [-0.2, 0) is 9.47 Å². The molecule has 3 saturated heterocycles. The van der Waals surface area contributed by atoms with Crippen molar-refractivity contribution in [2.24, 2.45) is 0 Å². The number of nitrogens with zero attached hydrogens (tertiary/aromatic N) is 4. The van der Waals surface area contributed by atoms with Crippen molar-refractivity contribution in [3.63, 3.8) is 0 Å². The van der Waals surface area contributed by atoms with Crippen LogP contribution >= 0.6 is 0 Å². The van der Waals surface area contributed by atoms with Crippen LogP contribution in [0.1, 0.15) is 55.4 Å². The molecule has 0 aromatic carbocycles. The highest BCUT2D eigenvalue weighted by Gasteiger charge is 2.31. The van der Waals surface area contributed by atoms with Gasteiger partial charge >= 0.3 is 0 Å². The van der Waals surface area contributed by atoms with Gasteiger partial charge in [-0.1, -0.05) is 12.5 Å². The van der Waals surface area contributed by atoms with E-state index < -0.39 is 0 Å². The van der Waals surface area contributed by atoms with Crippen molar-refractivity contribution in [1.29, 1.82) is 0 Å². The summed E-state index contributed by atoms with van der Waals surface area (Å²) in [6.07, 6.45) is 9.44. The van der Waals surface area contributed by atoms with E-state index in [0.717, 1.165) is 37.8 Å². The van der Waals surface area contributed by atoms with Gasteiger partial charge in [-0.2, -0.15) is 0 Å². The Morgan fingerprint density at radius 3 is 2.23 bits per heavy atom. The molecule has 0 radical (unpaired) electrons. The quantitative estimate of drug-likeness (QED) is 0.719. The van der Waals surface area contributed by atoms with Crippen molar-refractivity contribution >= 4 is 11.7 Å². The third-order valence-electron chi connectivity index (χ3n) is 7.47. The highest BCUT2D eigenvalue weighted by atomic mass is 16.5. The molecule has 5 rings (SSSR count). The van der Waals surface area contributed by atoms with Crippen LogP contribution in [0.25, 0.3) is 0 Å². The van der Waals surface area contributed by atoms with Crippen molar-refractivity contribution in [2.75, 3.05) is 57.4 Å². The number of morpholine rings is 1. The summed E-state index contributed by atoms with van der Waals surface area (Å²) in [4.78, 5) is 24.3. The van der Waals surface area contributed by atoms with Gasteiger partial charge in [-0.3, -0.25) is 4.79 Å². The minimum atomic E-state index is 0.0108. The molecule has 3 aliphatic heterocycles. The van der Waals surface area contributed by atoms with Crippen LogP contribution in [-0.4, -0.2) is 91.4 Å². The molecule has 4 aliphatic rings. The molecule has 0 bridgehead atoms. The molecule has 1 amide bonds. The van der Waals surface area contributed by atoms with E-state index in [-0.39, 0.29) is 5.91 Å². The summed E-state index contributed by atoms with van der Waals surface area (Å²) in [6.45, 7) is 6.81. The molecule has 4 heterocycles. The Kier molecular flexibility index (Phi) is 6.72. The van der Waals surface area contributed by atoms with E-state index >= 15 is 0 Å². The van der Waals surface area contributed by atoms with Gasteiger partial charge in [0.15, 0.2) is 0 Å². The first-order valence-electron chi connectivity index (χ1n) is 12.2. The van der Waals surface area contributed by atoms with Gasteiger partial charge < -0.3 is 24.2 Å². The molecule has 7 nitrogen and oxygen atoms in total. The average Bonchev–Trinajstić information content (AvgIpc) is 2.80. The van der Waals surface area contributed by atoms with Gasteiger partial charge in [0, 0.05) is 45.3 Å². The number of likely N-dealkylation sites (tertiary alicyclic amines) is 1. The Bertz CT molecular complexity index is 734. The average molecular weight is 429 g/mol. The highest BCUT2D eigenvalue weighted by Crippen LogP contribution is 2.29. The van der Waals surface area contributed by atoms with Gasteiger partial charge in [-0.05, 0) is 50.7 Å². The number of pyridine rings is 1. The standard InChI is InChI=1S/C24H36N4O3/c29-24(28-15-17-30-18-16-28)22-5-2-6-23(25-22)27-13-9-21(10-14-27)31-20-7-11-26(12-8-20)19-3-1-4-19/h2,5-6,19-21H,1,3-4,7-18H2. The fourth-order valence-electron chi connectivity index (χ4n) is 5.27. The Balaban J connectivity index is 1.09. The summed E-state index contributed by atoms with van der Waals surface area (Å²) >= 11 is 0. The number of ether oxygens (including phenoxy) is 2. The molecule has 170 valence electrons. The summed E-state index contributed by atoms with van der Waals surface area (Å²) < 4.78 is 11.8. The number of anilines is 1. The maximum Gasteiger partial charge on any atom is 0.272 e. The van der Waals surface area contributed by atoms with Crippen LogP contribution in [0.15, 0.2) is 18.2 Å². The van der Waals surface area contributed by atoms with Crippen LogP contribution in [0, 0.1) is 0 Å². The van der Waals surface area contributed by atoms with Crippen LogP contribution in [0.3, 0.4) is 0 Å². The van der Waals surface area contributed by atoms with E-state index in [1.165, 1.54) is 45.2 Å². The number of carbonyl (C=O) groups is 1. The van der Waals surface area contributed by atoms with Crippen LogP contribution < -0.4 is 4.90 Å². The van der Waals surface area contributed by atoms with E-state index in [2.05, 4.69) is 9.80 Å². The normalized spacial score (nSPS) is 24.9. The monoisotopic (exact) mass is 428 g/mol. The molecule has 31 heavy (non-hydrogen) atoms. The van der Waals surface area contributed by atoms with Gasteiger partial charge in [0.25, 0.3) is 5.91 Å². The molecule has 7 heteroatoms. The zero-order valence-electron chi connectivity index (χ0n) is 18.6. The molecule has 4 fully saturated rings. The first-order chi connectivity index (χ1) is 15.3. The predicted octanol–water partition coefficient (Wildman–Crippen LogP) is 2.56. The lowest BCUT2D eigenvalue weighted by Gasteiger charge is -2.42. The fraction of sp³-hybridized carbons (Fsp3) is 0.750. The van der Waals surface area contributed by atoms with Gasteiger partial charge in [0.2, 0.25) is 0 Å². The summed E-state index contributed by atoms with van der Waals surface area (Å²) in [5, 5.41) is 0. The Labute approximate surface area is 185 Å². The Morgan fingerprint density at radius 2 is 1.58 bits per heavy atom. The summed E-state index contributed by atoms with van der Waals surface area (Å²) in [5.74, 6) is 0.919. The topological polar surface area (TPSA) is 58.1 Å². The molecule has 0 unspecified atom stereocenters. The molecule has 0 spiro atoms. The van der Waals surface area contributed by atoms with Crippen molar-refractivity contribution in [1.82, 2.24) is 14.8 Å².